The average molecular weight is 434 g/mol. The minimum atomic E-state index is -0.283. The van der Waals surface area contributed by atoms with Gasteiger partial charge in [-0.1, -0.05) is 12.8 Å². The summed E-state index contributed by atoms with van der Waals surface area (Å²) < 4.78 is 1.42. The van der Waals surface area contributed by atoms with E-state index < -0.39 is 0 Å². The Morgan fingerprint density at radius 2 is 1.81 bits per heavy atom. The topological polar surface area (TPSA) is 109 Å². The van der Waals surface area contributed by atoms with Gasteiger partial charge in [0.1, 0.15) is 5.75 Å². The van der Waals surface area contributed by atoms with Crippen LogP contribution in [0, 0.1) is 0 Å². The van der Waals surface area contributed by atoms with E-state index in [1.54, 1.807) is 36.7 Å². The van der Waals surface area contributed by atoms with E-state index in [9.17, 15) is 14.7 Å². The van der Waals surface area contributed by atoms with Gasteiger partial charge in [0, 0.05) is 41.2 Å². The van der Waals surface area contributed by atoms with Crippen LogP contribution < -0.4 is 10.6 Å². The lowest BCUT2D eigenvalue weighted by atomic mass is 10.0. The lowest BCUT2D eigenvalue weighted by Crippen LogP contribution is -2.35. The molecule has 3 N–H and O–H groups in total. The molecule has 0 saturated heterocycles. The molecule has 0 spiro atoms. The highest BCUT2D eigenvalue weighted by Crippen LogP contribution is 2.38. The maximum Gasteiger partial charge on any atom is 0.342 e. The first kappa shape index (κ1) is 21.5. The molecule has 32 heavy (non-hydrogen) atoms. The summed E-state index contributed by atoms with van der Waals surface area (Å²) in [4.78, 5) is 29.2. The van der Waals surface area contributed by atoms with Gasteiger partial charge in [-0.2, -0.15) is 9.78 Å². The Kier molecular flexibility index (Phi) is 6.20. The molecule has 0 unspecified atom stereocenters. The molecular formula is C24H27N5O3. The number of phenols is 1. The van der Waals surface area contributed by atoms with E-state index in [-0.39, 0.29) is 29.6 Å². The molecule has 166 valence electrons. The minimum Gasteiger partial charge on any atom is -0.507 e. The van der Waals surface area contributed by atoms with Crippen LogP contribution in [0.2, 0.25) is 0 Å². The van der Waals surface area contributed by atoms with E-state index >= 15 is 0 Å². The lowest BCUT2D eigenvalue weighted by molar-refractivity contribution is 0.102. The Morgan fingerprint density at radius 3 is 2.50 bits per heavy atom. The number of benzene rings is 1. The Morgan fingerprint density at radius 1 is 1.09 bits per heavy atom. The van der Waals surface area contributed by atoms with Gasteiger partial charge in [0.05, 0.1) is 11.4 Å². The molecule has 1 aromatic carbocycles. The number of pyridine rings is 1. The molecule has 8 heteroatoms. The van der Waals surface area contributed by atoms with Gasteiger partial charge >= 0.3 is 6.03 Å². The molecule has 3 aromatic rings. The zero-order valence-corrected chi connectivity index (χ0v) is 18.2. The summed E-state index contributed by atoms with van der Waals surface area (Å²) in [6.45, 7) is 3.80. The van der Waals surface area contributed by atoms with Crippen LogP contribution in [-0.4, -0.2) is 37.9 Å². The Hall–Kier alpha value is -3.68. The zero-order valence-electron chi connectivity index (χ0n) is 18.2. The van der Waals surface area contributed by atoms with Crippen molar-refractivity contribution >= 4 is 17.6 Å². The molecule has 0 aliphatic heterocycles. The summed E-state index contributed by atoms with van der Waals surface area (Å²) >= 11 is 0. The number of carbonyl (C=O) groups is 2. The van der Waals surface area contributed by atoms with Crippen LogP contribution in [0.5, 0.6) is 5.75 Å². The van der Waals surface area contributed by atoms with Crippen LogP contribution in [0.1, 0.15) is 61.5 Å². The van der Waals surface area contributed by atoms with E-state index in [0.29, 0.717) is 22.5 Å². The zero-order chi connectivity index (χ0) is 22.7. The fourth-order valence-corrected chi connectivity index (χ4v) is 4.04. The van der Waals surface area contributed by atoms with Crippen molar-refractivity contribution in [2.75, 3.05) is 5.32 Å². The first-order chi connectivity index (χ1) is 15.4. The van der Waals surface area contributed by atoms with E-state index in [1.165, 1.54) is 10.7 Å². The molecule has 1 fully saturated rings. The lowest BCUT2D eigenvalue weighted by Gasteiger charge is -2.13. The molecule has 2 aromatic heterocycles. The van der Waals surface area contributed by atoms with Crippen molar-refractivity contribution in [3.63, 3.8) is 0 Å². The third kappa shape index (κ3) is 4.64. The fraction of sp³-hybridized carbons (Fsp3) is 0.333. The van der Waals surface area contributed by atoms with E-state index in [0.717, 1.165) is 31.4 Å². The van der Waals surface area contributed by atoms with E-state index in [4.69, 9.17) is 0 Å². The fourth-order valence-electron chi connectivity index (χ4n) is 4.04. The van der Waals surface area contributed by atoms with E-state index in [2.05, 4.69) is 20.7 Å². The van der Waals surface area contributed by atoms with Gasteiger partial charge in [-0.25, -0.2) is 4.79 Å². The average Bonchev–Trinajstić information content (AvgIpc) is 3.45. The van der Waals surface area contributed by atoms with Crippen LogP contribution >= 0.6 is 0 Å². The second-order valence-corrected chi connectivity index (χ2v) is 8.37. The van der Waals surface area contributed by atoms with Gasteiger partial charge in [-0.05, 0) is 63.1 Å². The highest BCUT2D eigenvalue weighted by Gasteiger charge is 2.26. The molecule has 0 atom stereocenters. The third-order valence-corrected chi connectivity index (χ3v) is 5.59. The van der Waals surface area contributed by atoms with Crippen molar-refractivity contribution in [1.29, 1.82) is 0 Å². The van der Waals surface area contributed by atoms with Crippen LogP contribution in [-0.2, 0) is 0 Å². The van der Waals surface area contributed by atoms with Crippen molar-refractivity contribution in [3.05, 3.63) is 60.0 Å². The standard InChI is InChI=1S/C24H27N5O3/c1-15(2)26-24(32)29-21(16-5-3-4-6-16)14-20(28-29)19-13-18(7-8-22(19)30)27-23(31)17-9-11-25-12-10-17/h7-16,30H,3-6H2,1-2H3,(H,26,32)(H,27,31). The Balaban J connectivity index is 1.67. The number of aromatic hydroxyl groups is 1. The number of phenolic OH excluding ortho intramolecular Hbond substituents is 1. The van der Waals surface area contributed by atoms with Crippen LogP contribution in [0.4, 0.5) is 10.5 Å². The van der Waals surface area contributed by atoms with Gasteiger partial charge in [0.15, 0.2) is 0 Å². The maximum atomic E-state index is 12.8. The molecule has 2 heterocycles. The van der Waals surface area contributed by atoms with Crippen molar-refractivity contribution in [2.24, 2.45) is 0 Å². The van der Waals surface area contributed by atoms with Crippen LogP contribution in [0.15, 0.2) is 48.8 Å². The van der Waals surface area contributed by atoms with Crippen LogP contribution in [0.3, 0.4) is 0 Å². The molecule has 1 aliphatic rings. The minimum absolute atomic E-state index is 0.0216. The number of hydrogen-bond acceptors (Lipinski definition) is 5. The molecule has 4 rings (SSSR count). The van der Waals surface area contributed by atoms with E-state index in [1.807, 2.05) is 19.9 Å². The number of hydrogen-bond donors (Lipinski definition) is 3. The molecule has 0 bridgehead atoms. The monoisotopic (exact) mass is 433 g/mol. The van der Waals surface area contributed by atoms with Gasteiger partial charge in [0.2, 0.25) is 0 Å². The number of carbonyl (C=O) groups excluding carboxylic acids is 2. The SMILES string of the molecule is CC(C)NC(=O)n1nc(-c2cc(NC(=O)c3ccncc3)ccc2O)cc1C1CCCC1. The van der Waals surface area contributed by atoms with Crippen molar-refractivity contribution in [3.8, 4) is 17.0 Å². The maximum absolute atomic E-state index is 12.8. The van der Waals surface area contributed by atoms with Gasteiger partial charge < -0.3 is 15.7 Å². The highest BCUT2D eigenvalue weighted by molar-refractivity contribution is 6.04. The second kappa shape index (κ2) is 9.21. The number of amides is 2. The number of nitrogens with one attached hydrogen (secondary N) is 2. The summed E-state index contributed by atoms with van der Waals surface area (Å²) in [7, 11) is 0. The molecule has 8 nitrogen and oxygen atoms in total. The molecular weight excluding hydrogens is 406 g/mol. The van der Waals surface area contributed by atoms with Crippen molar-refractivity contribution in [1.82, 2.24) is 20.1 Å². The smallest absolute Gasteiger partial charge is 0.342 e. The summed E-state index contributed by atoms with van der Waals surface area (Å²) in [6.07, 6.45) is 7.37. The second-order valence-electron chi connectivity index (χ2n) is 8.37. The van der Waals surface area contributed by atoms with Crippen molar-refractivity contribution in [2.45, 2.75) is 51.5 Å². The normalized spacial score (nSPS) is 14.0. The number of anilines is 1. The predicted octanol–water partition coefficient (Wildman–Crippen LogP) is 4.53. The number of rotatable bonds is 5. The molecule has 0 radical (unpaired) electrons. The number of aromatic nitrogens is 3. The number of nitrogens with zero attached hydrogens (tertiary/aromatic N) is 3. The first-order valence-corrected chi connectivity index (χ1v) is 10.9. The van der Waals surface area contributed by atoms with Gasteiger partial charge in [-0.15, -0.1) is 0 Å². The molecule has 1 saturated carbocycles. The summed E-state index contributed by atoms with van der Waals surface area (Å²) in [5.74, 6) is 0.00204. The predicted molar refractivity (Wildman–Crippen MR) is 122 cm³/mol. The summed E-state index contributed by atoms with van der Waals surface area (Å²) in [6, 6.07) is 9.62. The first-order valence-electron chi connectivity index (χ1n) is 10.9. The molecule has 1 aliphatic carbocycles. The Bertz CT molecular complexity index is 1120. The van der Waals surface area contributed by atoms with Crippen molar-refractivity contribution < 1.29 is 14.7 Å². The highest BCUT2D eigenvalue weighted by atomic mass is 16.3. The largest absolute Gasteiger partial charge is 0.507 e. The quantitative estimate of drug-likeness (QED) is 0.512. The molecule has 2 amide bonds. The Labute approximate surface area is 186 Å². The third-order valence-electron chi connectivity index (χ3n) is 5.59. The van der Waals surface area contributed by atoms with Gasteiger partial charge in [0.25, 0.3) is 5.91 Å². The summed E-state index contributed by atoms with van der Waals surface area (Å²) in [5.41, 5.74) is 2.79. The summed E-state index contributed by atoms with van der Waals surface area (Å²) in [5, 5.41) is 20.8. The van der Waals surface area contributed by atoms with Gasteiger partial charge in [-0.3, -0.25) is 9.78 Å². The van der Waals surface area contributed by atoms with Crippen LogP contribution in [0.25, 0.3) is 11.3 Å².